The zero-order valence-electron chi connectivity index (χ0n) is 12.9. The molecule has 0 radical (unpaired) electrons. The molecule has 0 saturated carbocycles. The van der Waals surface area contributed by atoms with Crippen LogP contribution in [0.4, 0.5) is 30.7 Å². The van der Waals surface area contributed by atoms with Crippen LogP contribution in [0.5, 0.6) is 0 Å². The number of alkyl halides is 3. The van der Waals surface area contributed by atoms with Crippen molar-refractivity contribution in [1.29, 1.82) is 0 Å². The van der Waals surface area contributed by atoms with Crippen molar-refractivity contribution in [2.75, 3.05) is 6.54 Å². The molecular formula is C15H10F7N3O. The molecule has 4 nitrogen and oxygen atoms in total. The Bertz CT molecular complexity index is 897. The number of nitrogens with one attached hydrogen (secondary N) is 1. The van der Waals surface area contributed by atoms with Gasteiger partial charge in [-0.1, -0.05) is 0 Å². The Morgan fingerprint density at radius 1 is 1.12 bits per heavy atom. The molecule has 2 aromatic rings. The Hall–Kier alpha value is -2.43. The lowest BCUT2D eigenvalue weighted by molar-refractivity contribution is -0.145. The van der Waals surface area contributed by atoms with Crippen molar-refractivity contribution in [3.05, 3.63) is 62.3 Å². The first kappa shape index (κ1) is 18.4. The van der Waals surface area contributed by atoms with Crippen molar-refractivity contribution in [3.8, 4) is 0 Å². The molecule has 1 aromatic heterocycles. The van der Waals surface area contributed by atoms with E-state index in [-0.39, 0.29) is 36.8 Å². The molecular weight excluding hydrogens is 371 g/mol. The molecule has 1 aliphatic rings. The van der Waals surface area contributed by atoms with Crippen molar-refractivity contribution >= 4 is 0 Å². The fourth-order valence-electron chi connectivity index (χ4n) is 2.74. The summed E-state index contributed by atoms with van der Waals surface area (Å²) in [6.45, 7) is -0.836. The summed E-state index contributed by atoms with van der Waals surface area (Å²) in [6.07, 6.45) is -4.92. The largest absolute Gasteiger partial charge is 0.449 e. The Morgan fingerprint density at radius 3 is 2.31 bits per heavy atom. The number of H-pyrrole nitrogens is 1. The Morgan fingerprint density at radius 2 is 1.73 bits per heavy atom. The topological polar surface area (TPSA) is 49.0 Å². The van der Waals surface area contributed by atoms with Gasteiger partial charge in [-0.2, -0.15) is 13.2 Å². The Balaban J connectivity index is 1.90. The fraction of sp³-hybridized carbons (Fsp3) is 0.333. The van der Waals surface area contributed by atoms with Gasteiger partial charge in [-0.25, -0.2) is 22.5 Å². The van der Waals surface area contributed by atoms with Crippen molar-refractivity contribution in [3.63, 3.8) is 0 Å². The van der Waals surface area contributed by atoms with E-state index in [0.717, 1.165) is 0 Å². The van der Waals surface area contributed by atoms with E-state index in [9.17, 15) is 35.5 Å². The van der Waals surface area contributed by atoms with Gasteiger partial charge in [0, 0.05) is 37.7 Å². The fourth-order valence-corrected chi connectivity index (χ4v) is 2.74. The van der Waals surface area contributed by atoms with E-state index in [4.69, 9.17) is 0 Å². The van der Waals surface area contributed by atoms with Crippen LogP contribution in [0.2, 0.25) is 0 Å². The molecule has 0 spiro atoms. The maximum atomic E-state index is 13.7. The van der Waals surface area contributed by atoms with Gasteiger partial charge in [-0.05, 0) is 0 Å². The van der Waals surface area contributed by atoms with Gasteiger partial charge in [-0.3, -0.25) is 9.69 Å². The maximum absolute atomic E-state index is 13.7. The van der Waals surface area contributed by atoms with Gasteiger partial charge in [0.15, 0.2) is 23.3 Å². The van der Waals surface area contributed by atoms with E-state index in [0.29, 0.717) is 0 Å². The summed E-state index contributed by atoms with van der Waals surface area (Å²) >= 11 is 0. The second-order valence-electron chi connectivity index (χ2n) is 5.74. The summed E-state index contributed by atoms with van der Waals surface area (Å²) in [5, 5.41) is 0. The molecule has 26 heavy (non-hydrogen) atoms. The number of hydrogen-bond acceptors (Lipinski definition) is 3. The Labute approximate surface area is 141 Å². The van der Waals surface area contributed by atoms with E-state index in [2.05, 4.69) is 4.98 Å². The van der Waals surface area contributed by atoms with Crippen LogP contribution in [0, 0.1) is 23.3 Å². The number of nitrogens with zero attached hydrogens (tertiary/aromatic N) is 2. The maximum Gasteiger partial charge on any atom is 0.449 e. The second kappa shape index (κ2) is 6.38. The minimum atomic E-state index is -4.82. The van der Waals surface area contributed by atoms with Crippen LogP contribution in [-0.2, 0) is 25.7 Å². The van der Waals surface area contributed by atoms with Gasteiger partial charge < -0.3 is 4.98 Å². The number of aromatic amines is 1. The smallest absolute Gasteiger partial charge is 0.303 e. The molecule has 0 bridgehead atoms. The van der Waals surface area contributed by atoms with Crippen molar-refractivity contribution in [2.24, 2.45) is 0 Å². The minimum Gasteiger partial charge on any atom is -0.303 e. The molecule has 2 heterocycles. The molecule has 0 atom stereocenters. The van der Waals surface area contributed by atoms with E-state index in [1.807, 2.05) is 0 Å². The van der Waals surface area contributed by atoms with Crippen LogP contribution in [0.1, 0.15) is 22.6 Å². The van der Waals surface area contributed by atoms with Gasteiger partial charge in [0.2, 0.25) is 5.82 Å². The van der Waals surface area contributed by atoms with Crippen LogP contribution >= 0.6 is 0 Å². The highest BCUT2D eigenvalue weighted by Gasteiger charge is 2.36. The molecule has 140 valence electrons. The SMILES string of the molecule is O=c1[nH]c(C(F)(F)F)nc2c1CN(Cc1c(F)c(F)cc(F)c1F)CC2. The summed E-state index contributed by atoms with van der Waals surface area (Å²) < 4.78 is 92.0. The van der Waals surface area contributed by atoms with Crippen LogP contribution in [0.25, 0.3) is 0 Å². The zero-order valence-corrected chi connectivity index (χ0v) is 12.9. The molecule has 0 saturated heterocycles. The van der Waals surface area contributed by atoms with Crippen LogP contribution in [0.15, 0.2) is 10.9 Å². The molecule has 1 N–H and O–H groups in total. The van der Waals surface area contributed by atoms with Crippen molar-refractivity contribution < 1.29 is 30.7 Å². The highest BCUT2D eigenvalue weighted by atomic mass is 19.4. The lowest BCUT2D eigenvalue weighted by Crippen LogP contribution is -2.37. The van der Waals surface area contributed by atoms with Gasteiger partial charge in [0.05, 0.1) is 11.3 Å². The first-order valence-corrected chi connectivity index (χ1v) is 7.31. The van der Waals surface area contributed by atoms with E-state index < -0.39 is 52.9 Å². The van der Waals surface area contributed by atoms with Gasteiger partial charge >= 0.3 is 6.18 Å². The molecule has 1 aliphatic heterocycles. The standard InChI is InChI=1S/C15H10F7N3O/c16-8-3-9(17)12(19)7(11(8)18)5-25-2-1-10-6(4-25)13(26)24-14(23-10)15(20,21)22/h3H,1-2,4-5H2,(H,23,24,26). The minimum absolute atomic E-state index is 0.00222. The van der Waals surface area contributed by atoms with Crippen LogP contribution < -0.4 is 5.56 Å². The molecule has 0 aliphatic carbocycles. The van der Waals surface area contributed by atoms with Crippen molar-refractivity contribution in [2.45, 2.75) is 25.7 Å². The predicted octanol–water partition coefficient (Wildman–Crippen LogP) is 2.90. The third-order valence-electron chi connectivity index (χ3n) is 4.00. The second-order valence-corrected chi connectivity index (χ2v) is 5.74. The normalized spacial score (nSPS) is 15.2. The highest BCUT2D eigenvalue weighted by molar-refractivity contribution is 5.25. The van der Waals surface area contributed by atoms with Gasteiger partial charge in [0.1, 0.15) is 0 Å². The number of aromatic nitrogens is 2. The van der Waals surface area contributed by atoms with Crippen molar-refractivity contribution in [1.82, 2.24) is 14.9 Å². The lowest BCUT2D eigenvalue weighted by atomic mass is 10.1. The molecule has 0 unspecified atom stereocenters. The quantitative estimate of drug-likeness (QED) is 0.643. The summed E-state index contributed by atoms with van der Waals surface area (Å²) in [6, 6.07) is 0.0764. The van der Waals surface area contributed by atoms with E-state index >= 15 is 0 Å². The number of halogens is 7. The van der Waals surface area contributed by atoms with Crippen LogP contribution in [-0.4, -0.2) is 21.4 Å². The summed E-state index contributed by atoms with van der Waals surface area (Å²) in [4.78, 5) is 18.2. The monoisotopic (exact) mass is 381 g/mol. The first-order valence-electron chi connectivity index (χ1n) is 7.31. The molecule has 0 amide bonds. The Kier molecular flexibility index (Phi) is 4.51. The van der Waals surface area contributed by atoms with E-state index in [1.165, 1.54) is 4.90 Å². The van der Waals surface area contributed by atoms with Gasteiger partial charge in [-0.15, -0.1) is 0 Å². The van der Waals surface area contributed by atoms with E-state index in [1.54, 1.807) is 4.98 Å². The first-order chi connectivity index (χ1) is 12.1. The van der Waals surface area contributed by atoms with Gasteiger partial charge in [0.25, 0.3) is 5.56 Å². The summed E-state index contributed by atoms with van der Waals surface area (Å²) in [7, 11) is 0. The average Bonchev–Trinajstić information content (AvgIpc) is 2.56. The third kappa shape index (κ3) is 3.30. The molecule has 0 fully saturated rings. The predicted molar refractivity (Wildman–Crippen MR) is 74.0 cm³/mol. The summed E-state index contributed by atoms with van der Waals surface area (Å²) in [5.41, 5.74) is -2.06. The number of rotatable bonds is 2. The summed E-state index contributed by atoms with van der Waals surface area (Å²) in [5.74, 6) is -7.68. The number of hydrogen-bond donors (Lipinski definition) is 1. The molecule has 11 heteroatoms. The average molecular weight is 381 g/mol. The number of fused-ring (bicyclic) bond motifs is 1. The molecule has 3 rings (SSSR count). The lowest BCUT2D eigenvalue weighted by Gasteiger charge is -2.28. The number of benzene rings is 1. The highest BCUT2D eigenvalue weighted by Crippen LogP contribution is 2.27. The molecule has 1 aromatic carbocycles. The van der Waals surface area contributed by atoms with Crippen LogP contribution in [0.3, 0.4) is 0 Å². The zero-order chi connectivity index (χ0) is 19.2. The third-order valence-corrected chi connectivity index (χ3v) is 4.00.